The number of hydrogen-bond acceptors (Lipinski definition) is 6. The highest BCUT2D eigenvalue weighted by atomic mass is 32.2. The second-order valence-corrected chi connectivity index (χ2v) is 3.74. The molecular formula is C8H16N2O4S. The molecular weight excluding hydrogens is 220 g/mol. The highest BCUT2D eigenvalue weighted by Gasteiger charge is 2.06. The molecule has 6 N–H and O–H groups in total. The Hall–Kier alpha value is -0.920. The third kappa shape index (κ3) is 7.06. The van der Waals surface area contributed by atoms with E-state index >= 15 is 0 Å². The van der Waals surface area contributed by atoms with E-state index in [-0.39, 0.29) is 18.0 Å². The van der Waals surface area contributed by atoms with Crippen molar-refractivity contribution < 1.29 is 19.7 Å². The predicted molar refractivity (Wildman–Crippen MR) is 58.3 cm³/mol. The SMILES string of the molecule is N/C(CSCCOCCO)=C(/N)C(=O)O. The number of hydrogen-bond donors (Lipinski definition) is 4. The number of carboxylic acid groups (broad SMARTS) is 1. The van der Waals surface area contributed by atoms with Crippen LogP contribution in [0.2, 0.25) is 0 Å². The Morgan fingerprint density at radius 1 is 1.33 bits per heavy atom. The first-order valence-corrected chi connectivity index (χ1v) is 5.48. The van der Waals surface area contributed by atoms with Crippen LogP contribution in [0, 0.1) is 0 Å². The number of carboxylic acids is 1. The molecule has 0 aromatic rings. The second-order valence-electron chi connectivity index (χ2n) is 2.63. The maximum absolute atomic E-state index is 10.4. The summed E-state index contributed by atoms with van der Waals surface area (Å²) in [4.78, 5) is 10.4. The quantitative estimate of drug-likeness (QED) is 0.313. The molecule has 0 aliphatic rings. The van der Waals surface area contributed by atoms with Gasteiger partial charge < -0.3 is 26.4 Å². The molecule has 0 aromatic carbocycles. The molecule has 0 spiro atoms. The van der Waals surface area contributed by atoms with Gasteiger partial charge in [-0.15, -0.1) is 0 Å². The minimum absolute atomic E-state index is 0.00132. The summed E-state index contributed by atoms with van der Waals surface area (Å²) < 4.78 is 5.00. The summed E-state index contributed by atoms with van der Waals surface area (Å²) in [5, 5.41) is 16.9. The molecule has 0 rings (SSSR count). The van der Waals surface area contributed by atoms with Gasteiger partial charge in [0.1, 0.15) is 5.70 Å². The van der Waals surface area contributed by atoms with E-state index in [2.05, 4.69) is 0 Å². The van der Waals surface area contributed by atoms with Crippen LogP contribution >= 0.6 is 11.8 Å². The van der Waals surface area contributed by atoms with Gasteiger partial charge in [-0.3, -0.25) is 0 Å². The highest BCUT2D eigenvalue weighted by Crippen LogP contribution is 2.05. The molecule has 0 heterocycles. The van der Waals surface area contributed by atoms with Gasteiger partial charge in [0, 0.05) is 17.2 Å². The van der Waals surface area contributed by atoms with Gasteiger partial charge in [0.2, 0.25) is 0 Å². The van der Waals surface area contributed by atoms with Crippen LogP contribution in [-0.2, 0) is 9.53 Å². The molecule has 0 aliphatic carbocycles. The van der Waals surface area contributed by atoms with Crippen LogP contribution in [0.4, 0.5) is 0 Å². The van der Waals surface area contributed by atoms with Gasteiger partial charge in [-0.05, 0) is 0 Å². The van der Waals surface area contributed by atoms with E-state index in [9.17, 15) is 4.79 Å². The van der Waals surface area contributed by atoms with Gasteiger partial charge in [0.15, 0.2) is 0 Å². The molecule has 0 radical (unpaired) electrons. The molecule has 88 valence electrons. The summed E-state index contributed by atoms with van der Waals surface area (Å²) in [7, 11) is 0. The zero-order chi connectivity index (χ0) is 11.7. The zero-order valence-electron chi connectivity index (χ0n) is 8.31. The maximum atomic E-state index is 10.4. The molecule has 0 unspecified atom stereocenters. The van der Waals surface area contributed by atoms with Crippen molar-refractivity contribution in [3.05, 3.63) is 11.4 Å². The minimum Gasteiger partial charge on any atom is -0.477 e. The number of aliphatic hydroxyl groups excluding tert-OH is 1. The Morgan fingerprint density at radius 3 is 2.53 bits per heavy atom. The molecule has 0 saturated carbocycles. The monoisotopic (exact) mass is 236 g/mol. The summed E-state index contributed by atoms with van der Waals surface area (Å²) >= 11 is 1.42. The van der Waals surface area contributed by atoms with E-state index in [1.807, 2.05) is 0 Å². The van der Waals surface area contributed by atoms with Crippen LogP contribution in [0.25, 0.3) is 0 Å². The standard InChI is InChI=1S/C8H16N2O4S/c9-6(7(10)8(12)13)5-15-4-3-14-2-1-11/h11H,1-5,9-10H2,(H,12,13)/b7-6+. The van der Waals surface area contributed by atoms with Gasteiger partial charge in [0.05, 0.1) is 19.8 Å². The van der Waals surface area contributed by atoms with Crippen molar-refractivity contribution in [2.24, 2.45) is 11.5 Å². The Morgan fingerprint density at radius 2 is 2.00 bits per heavy atom. The van der Waals surface area contributed by atoms with Crippen molar-refractivity contribution in [2.45, 2.75) is 0 Å². The van der Waals surface area contributed by atoms with Crippen molar-refractivity contribution in [1.82, 2.24) is 0 Å². The average molecular weight is 236 g/mol. The van der Waals surface area contributed by atoms with Crippen LogP contribution in [0.1, 0.15) is 0 Å². The van der Waals surface area contributed by atoms with Crippen LogP contribution in [-0.4, -0.2) is 47.5 Å². The fraction of sp³-hybridized carbons (Fsp3) is 0.625. The maximum Gasteiger partial charge on any atom is 0.353 e. The Labute approximate surface area is 92.3 Å². The van der Waals surface area contributed by atoms with E-state index < -0.39 is 5.97 Å². The number of carbonyl (C=O) groups is 1. The van der Waals surface area contributed by atoms with Crippen LogP contribution in [0.15, 0.2) is 11.4 Å². The molecule has 0 atom stereocenters. The fourth-order valence-corrected chi connectivity index (χ4v) is 1.44. The summed E-state index contributed by atoms with van der Waals surface area (Å²) in [6.45, 7) is 0.799. The minimum atomic E-state index is -1.20. The zero-order valence-corrected chi connectivity index (χ0v) is 9.13. The van der Waals surface area contributed by atoms with Crippen molar-refractivity contribution in [1.29, 1.82) is 0 Å². The molecule has 0 aliphatic heterocycles. The third-order valence-electron chi connectivity index (χ3n) is 1.44. The van der Waals surface area contributed by atoms with Gasteiger partial charge in [-0.2, -0.15) is 11.8 Å². The number of nitrogens with two attached hydrogens (primary N) is 2. The smallest absolute Gasteiger partial charge is 0.353 e. The lowest BCUT2D eigenvalue weighted by Gasteiger charge is -2.04. The second kappa shape index (κ2) is 8.39. The molecule has 6 nitrogen and oxygen atoms in total. The van der Waals surface area contributed by atoms with Crippen molar-refractivity contribution in [3.63, 3.8) is 0 Å². The van der Waals surface area contributed by atoms with Crippen molar-refractivity contribution in [3.8, 4) is 0 Å². The number of aliphatic carboxylic acids is 1. The van der Waals surface area contributed by atoms with E-state index in [4.69, 9.17) is 26.4 Å². The van der Waals surface area contributed by atoms with E-state index in [1.165, 1.54) is 11.8 Å². The number of rotatable bonds is 8. The lowest BCUT2D eigenvalue weighted by Crippen LogP contribution is -2.19. The summed E-state index contributed by atoms with van der Waals surface area (Å²) in [5.41, 5.74) is 10.5. The summed E-state index contributed by atoms with van der Waals surface area (Å²) in [6.07, 6.45) is 0. The molecule has 15 heavy (non-hydrogen) atoms. The molecule has 0 saturated heterocycles. The van der Waals surface area contributed by atoms with Gasteiger partial charge in [-0.25, -0.2) is 4.79 Å². The first-order chi connectivity index (χ1) is 7.09. The summed E-state index contributed by atoms with van der Waals surface area (Å²) in [5.74, 6) is -0.168. The molecule has 0 aromatic heterocycles. The highest BCUT2D eigenvalue weighted by molar-refractivity contribution is 7.99. The Kier molecular flexibility index (Phi) is 7.88. The fourth-order valence-electron chi connectivity index (χ4n) is 0.682. The molecule has 7 heteroatoms. The van der Waals surface area contributed by atoms with Crippen LogP contribution in [0.3, 0.4) is 0 Å². The van der Waals surface area contributed by atoms with Gasteiger partial charge in [0.25, 0.3) is 0 Å². The Balaban J connectivity index is 3.59. The van der Waals surface area contributed by atoms with E-state index in [1.54, 1.807) is 0 Å². The van der Waals surface area contributed by atoms with Crippen LogP contribution in [0.5, 0.6) is 0 Å². The predicted octanol–water partition coefficient (Wildman–Crippen LogP) is -1.06. The Bertz CT molecular complexity index is 233. The number of ether oxygens (including phenoxy) is 1. The van der Waals surface area contributed by atoms with Gasteiger partial charge >= 0.3 is 5.97 Å². The topological polar surface area (TPSA) is 119 Å². The van der Waals surface area contributed by atoms with E-state index in [0.717, 1.165) is 0 Å². The third-order valence-corrected chi connectivity index (χ3v) is 2.41. The normalized spacial score (nSPS) is 12.3. The van der Waals surface area contributed by atoms with Gasteiger partial charge in [-0.1, -0.05) is 0 Å². The first-order valence-electron chi connectivity index (χ1n) is 4.33. The average Bonchev–Trinajstić information content (AvgIpc) is 2.21. The largest absolute Gasteiger partial charge is 0.477 e. The van der Waals surface area contributed by atoms with Crippen molar-refractivity contribution >= 4 is 17.7 Å². The van der Waals surface area contributed by atoms with E-state index in [0.29, 0.717) is 24.7 Å². The molecule has 0 amide bonds. The molecule has 0 fully saturated rings. The van der Waals surface area contributed by atoms with Crippen LogP contribution < -0.4 is 11.5 Å². The summed E-state index contributed by atoms with van der Waals surface area (Å²) in [6, 6.07) is 0. The molecule has 0 bridgehead atoms. The lowest BCUT2D eigenvalue weighted by molar-refractivity contribution is -0.132. The van der Waals surface area contributed by atoms with Crippen molar-refractivity contribution in [2.75, 3.05) is 31.3 Å². The number of aliphatic hydroxyl groups is 1. The lowest BCUT2D eigenvalue weighted by atomic mass is 10.4. The first kappa shape index (κ1) is 14.1. The number of thioether (sulfide) groups is 1.